The molecule has 0 saturated carbocycles. The number of hydrogen-bond donors (Lipinski definition) is 3. The summed E-state index contributed by atoms with van der Waals surface area (Å²) >= 11 is 0. The second-order valence-corrected chi connectivity index (χ2v) is 14.4. The van der Waals surface area contributed by atoms with Crippen LogP contribution in [0.15, 0.2) is 60.7 Å². The van der Waals surface area contributed by atoms with Gasteiger partial charge in [0.25, 0.3) is 23.6 Å². The van der Waals surface area contributed by atoms with E-state index in [9.17, 15) is 19.2 Å². The van der Waals surface area contributed by atoms with Gasteiger partial charge in [0.05, 0.1) is 45.8 Å². The SMILES string of the molecule is CN1CCN(c2ccc3c4c(cccc24)C(=O)N(CC[NH2+]CCCNCCN2C(=O)c4cccc5c(N6CC[NH2+]CC6)ccc(c45)C2=O)C3=O)CC1. The molecule has 4 amide bonds. The highest BCUT2D eigenvalue weighted by Gasteiger charge is 2.35. The number of likely N-dealkylation sites (N-methyl/N-ethyl adjacent to an activating group) is 1. The molecule has 4 aromatic carbocycles. The molecule has 0 spiro atoms. The smallest absolute Gasteiger partial charge is 0.261 e. The van der Waals surface area contributed by atoms with Crippen molar-refractivity contribution in [1.82, 2.24) is 20.0 Å². The van der Waals surface area contributed by atoms with Crippen LogP contribution >= 0.6 is 0 Å². The summed E-state index contributed by atoms with van der Waals surface area (Å²) < 4.78 is 0. The van der Waals surface area contributed by atoms with Crippen molar-refractivity contribution in [3.05, 3.63) is 82.9 Å². The molecule has 8 rings (SSSR count). The maximum atomic E-state index is 13.6. The number of rotatable bonds is 12. The molecule has 0 aromatic heterocycles. The van der Waals surface area contributed by atoms with Crippen molar-refractivity contribution in [2.75, 3.05) is 108 Å². The molecule has 4 aliphatic heterocycles. The molecular weight excluding hydrogens is 656 g/mol. The summed E-state index contributed by atoms with van der Waals surface area (Å²) in [5.41, 5.74) is 4.55. The van der Waals surface area contributed by atoms with Crippen LogP contribution in [0.1, 0.15) is 47.9 Å². The van der Waals surface area contributed by atoms with Crippen LogP contribution in [0.4, 0.5) is 11.4 Å². The van der Waals surface area contributed by atoms with E-state index in [1.165, 1.54) is 9.80 Å². The van der Waals surface area contributed by atoms with Gasteiger partial charge in [0.1, 0.15) is 0 Å². The monoisotopic (exact) mass is 704 g/mol. The number of carbonyl (C=O) groups excluding carboxylic acids is 4. The number of anilines is 2. The molecule has 2 fully saturated rings. The number of imide groups is 2. The average Bonchev–Trinajstić information content (AvgIpc) is 3.17. The molecular formula is C40H48N8O4+2. The number of carbonyl (C=O) groups is 4. The van der Waals surface area contributed by atoms with Crippen LogP contribution in [0.5, 0.6) is 0 Å². The van der Waals surface area contributed by atoms with Crippen LogP contribution in [-0.2, 0) is 0 Å². The Balaban J connectivity index is 0.804. The quantitative estimate of drug-likeness (QED) is 0.144. The van der Waals surface area contributed by atoms with Crippen molar-refractivity contribution in [2.45, 2.75) is 6.42 Å². The molecule has 0 atom stereocenters. The first-order valence-electron chi connectivity index (χ1n) is 18.8. The summed E-state index contributed by atoms with van der Waals surface area (Å²) in [7, 11) is 2.13. The van der Waals surface area contributed by atoms with E-state index < -0.39 is 0 Å². The molecule has 270 valence electrons. The molecule has 12 nitrogen and oxygen atoms in total. The predicted octanol–water partition coefficient (Wildman–Crippen LogP) is 0.564. The maximum absolute atomic E-state index is 13.6. The summed E-state index contributed by atoms with van der Waals surface area (Å²) in [5.74, 6) is -0.928. The van der Waals surface area contributed by atoms with E-state index in [1.54, 1.807) is 0 Å². The van der Waals surface area contributed by atoms with Crippen molar-refractivity contribution in [3.8, 4) is 0 Å². The Labute approximate surface area is 303 Å². The zero-order valence-corrected chi connectivity index (χ0v) is 29.9. The number of nitrogens with zero attached hydrogens (tertiary/aromatic N) is 5. The Morgan fingerprint density at radius 3 is 1.69 bits per heavy atom. The number of amides is 4. The van der Waals surface area contributed by atoms with Gasteiger partial charge in [0.15, 0.2) is 0 Å². The van der Waals surface area contributed by atoms with E-state index in [0.717, 1.165) is 105 Å². The Morgan fingerprint density at radius 2 is 1.12 bits per heavy atom. The lowest BCUT2D eigenvalue weighted by molar-refractivity contribution is -0.655. The largest absolute Gasteiger partial charge is 0.368 e. The van der Waals surface area contributed by atoms with Crippen LogP contribution < -0.4 is 25.8 Å². The van der Waals surface area contributed by atoms with Gasteiger partial charge >= 0.3 is 0 Å². The maximum Gasteiger partial charge on any atom is 0.261 e. The third-order valence-corrected chi connectivity index (χ3v) is 11.2. The van der Waals surface area contributed by atoms with Gasteiger partial charge in [-0.15, -0.1) is 0 Å². The van der Waals surface area contributed by atoms with Crippen LogP contribution in [0.3, 0.4) is 0 Å². The van der Waals surface area contributed by atoms with Crippen molar-refractivity contribution in [3.63, 3.8) is 0 Å². The van der Waals surface area contributed by atoms with Gasteiger partial charge in [0.2, 0.25) is 0 Å². The number of nitrogens with one attached hydrogen (secondary N) is 1. The van der Waals surface area contributed by atoms with Gasteiger partial charge in [0, 0.05) is 107 Å². The first-order chi connectivity index (χ1) is 25.4. The molecule has 4 aromatic rings. The summed E-state index contributed by atoms with van der Waals surface area (Å²) in [6.07, 6.45) is 0.861. The Bertz CT molecular complexity index is 2010. The van der Waals surface area contributed by atoms with Crippen LogP contribution in [0.25, 0.3) is 21.5 Å². The standard InChI is InChI=1S/C40H46N8O4/c1-44-23-25-46(26-24-44)34-12-10-32-36-28(34)6-3-8-30(36)38(50)48(40(32)52)22-18-42-14-4-13-41-17-21-47-37(49)29-7-2-5-27-33(45-19-15-43-16-20-45)11-9-31(35(27)29)39(47)51/h2-3,5-12,41-43H,4,13-26H2,1H3/p+2. The van der Waals surface area contributed by atoms with Crippen molar-refractivity contribution in [2.24, 2.45) is 0 Å². The van der Waals surface area contributed by atoms with Gasteiger partial charge in [-0.05, 0) is 43.4 Å². The Hall–Kier alpha value is -4.88. The molecule has 0 bridgehead atoms. The molecule has 4 heterocycles. The van der Waals surface area contributed by atoms with Gasteiger partial charge in [-0.25, -0.2) is 0 Å². The molecule has 12 heteroatoms. The number of benzene rings is 4. The third kappa shape index (κ3) is 6.19. The number of hydrogen-bond acceptors (Lipinski definition) is 8. The van der Waals surface area contributed by atoms with Gasteiger partial charge < -0.3 is 30.7 Å². The second-order valence-electron chi connectivity index (χ2n) is 14.4. The number of nitrogens with two attached hydrogens (primary N) is 2. The zero-order valence-electron chi connectivity index (χ0n) is 29.9. The minimum Gasteiger partial charge on any atom is -0.368 e. The highest BCUT2D eigenvalue weighted by atomic mass is 16.2. The highest BCUT2D eigenvalue weighted by Crippen LogP contribution is 2.37. The molecule has 4 aliphatic rings. The summed E-state index contributed by atoms with van der Waals surface area (Å²) in [6, 6.07) is 19.4. The predicted molar refractivity (Wildman–Crippen MR) is 201 cm³/mol. The van der Waals surface area contributed by atoms with Crippen LogP contribution in [0.2, 0.25) is 0 Å². The number of quaternary nitrogens is 2. The second kappa shape index (κ2) is 14.6. The van der Waals surface area contributed by atoms with Crippen molar-refractivity contribution in [1.29, 1.82) is 0 Å². The van der Waals surface area contributed by atoms with E-state index in [1.807, 2.05) is 60.7 Å². The first kappa shape index (κ1) is 34.2. The lowest BCUT2D eigenvalue weighted by Crippen LogP contribution is -2.89. The summed E-state index contributed by atoms with van der Waals surface area (Å²) in [4.78, 5) is 64.0. The topological polar surface area (TPSA) is 130 Å². The molecule has 2 saturated heterocycles. The molecule has 5 N–H and O–H groups in total. The first-order valence-corrected chi connectivity index (χ1v) is 18.8. The molecule has 0 radical (unpaired) electrons. The summed E-state index contributed by atoms with van der Waals surface area (Å²) in [5, 5.41) is 11.3. The lowest BCUT2D eigenvalue weighted by Gasteiger charge is -2.35. The van der Waals surface area contributed by atoms with Gasteiger partial charge in [-0.1, -0.05) is 24.3 Å². The van der Waals surface area contributed by atoms with E-state index in [0.29, 0.717) is 48.4 Å². The normalized spacial score (nSPS) is 18.0. The molecule has 0 unspecified atom stereocenters. The minimum absolute atomic E-state index is 0.226. The fourth-order valence-electron chi connectivity index (χ4n) is 8.31. The van der Waals surface area contributed by atoms with Crippen LogP contribution in [0, 0.1) is 0 Å². The van der Waals surface area contributed by atoms with E-state index in [-0.39, 0.29) is 23.6 Å². The summed E-state index contributed by atoms with van der Waals surface area (Å²) in [6.45, 7) is 11.0. The molecule has 0 aliphatic carbocycles. The van der Waals surface area contributed by atoms with Crippen LogP contribution in [-0.4, -0.2) is 137 Å². The number of piperazine rings is 2. The average molecular weight is 705 g/mol. The van der Waals surface area contributed by atoms with Gasteiger partial charge in [-0.3, -0.25) is 29.0 Å². The Morgan fingerprint density at radius 1 is 0.596 bits per heavy atom. The lowest BCUT2D eigenvalue weighted by atomic mass is 9.92. The zero-order chi connectivity index (χ0) is 35.8. The fraction of sp³-hybridized carbons (Fsp3) is 0.400. The third-order valence-electron chi connectivity index (χ3n) is 11.2. The van der Waals surface area contributed by atoms with E-state index >= 15 is 0 Å². The van der Waals surface area contributed by atoms with Gasteiger partial charge in [-0.2, -0.15) is 0 Å². The highest BCUT2D eigenvalue weighted by molar-refractivity contribution is 6.28. The molecule has 52 heavy (non-hydrogen) atoms. The fourth-order valence-corrected chi connectivity index (χ4v) is 8.31. The van der Waals surface area contributed by atoms with E-state index in [4.69, 9.17) is 0 Å². The Kier molecular flexibility index (Phi) is 9.63. The van der Waals surface area contributed by atoms with E-state index in [2.05, 4.69) is 37.7 Å². The van der Waals surface area contributed by atoms with Crippen molar-refractivity contribution < 1.29 is 29.8 Å². The van der Waals surface area contributed by atoms with Crippen molar-refractivity contribution >= 4 is 56.5 Å². The minimum atomic E-state index is -0.238.